The predicted octanol–water partition coefficient (Wildman–Crippen LogP) is 4.87. The standard InChI is InChI=1S/C21H25ClN2O/c1-15-10-12-24(13-11-15)20-9-8-18(23(2)3)14-19(20)21(25)16-4-6-17(22)7-5-16/h4-9,14-15H,10-13H2,1-3H3. The van der Waals surface area contributed by atoms with E-state index in [4.69, 9.17) is 11.6 Å². The summed E-state index contributed by atoms with van der Waals surface area (Å²) < 4.78 is 0. The fraction of sp³-hybridized carbons (Fsp3) is 0.381. The van der Waals surface area contributed by atoms with Crippen LogP contribution in [0, 0.1) is 5.92 Å². The van der Waals surface area contributed by atoms with E-state index in [9.17, 15) is 4.79 Å². The molecule has 2 aromatic carbocycles. The van der Waals surface area contributed by atoms with E-state index in [0.717, 1.165) is 35.9 Å². The average Bonchev–Trinajstić information content (AvgIpc) is 2.62. The predicted molar refractivity (Wildman–Crippen MR) is 106 cm³/mol. The summed E-state index contributed by atoms with van der Waals surface area (Å²) >= 11 is 5.97. The molecule has 0 bridgehead atoms. The number of hydrogen-bond donors (Lipinski definition) is 0. The molecule has 1 fully saturated rings. The molecular weight excluding hydrogens is 332 g/mol. The van der Waals surface area contributed by atoms with E-state index in [1.165, 1.54) is 12.8 Å². The zero-order chi connectivity index (χ0) is 18.0. The van der Waals surface area contributed by atoms with Crippen molar-refractivity contribution in [1.29, 1.82) is 0 Å². The van der Waals surface area contributed by atoms with Gasteiger partial charge in [0.2, 0.25) is 0 Å². The van der Waals surface area contributed by atoms with Gasteiger partial charge in [0.1, 0.15) is 0 Å². The molecule has 3 nitrogen and oxygen atoms in total. The molecule has 2 aromatic rings. The van der Waals surface area contributed by atoms with Crippen LogP contribution < -0.4 is 9.80 Å². The maximum atomic E-state index is 13.2. The second-order valence-corrected chi connectivity index (χ2v) is 7.54. The molecule has 1 heterocycles. The Balaban J connectivity index is 2.00. The molecule has 0 radical (unpaired) electrons. The third-order valence-corrected chi connectivity index (χ3v) is 5.22. The van der Waals surface area contributed by atoms with Crippen molar-refractivity contribution in [2.45, 2.75) is 19.8 Å². The quantitative estimate of drug-likeness (QED) is 0.730. The molecule has 0 saturated carbocycles. The Hall–Kier alpha value is -2.00. The van der Waals surface area contributed by atoms with Gasteiger partial charge in [-0.05, 0) is 61.2 Å². The van der Waals surface area contributed by atoms with Crippen LogP contribution in [0.15, 0.2) is 42.5 Å². The molecule has 0 aromatic heterocycles. The molecule has 0 aliphatic carbocycles. The number of nitrogens with zero attached hydrogens (tertiary/aromatic N) is 2. The Labute approximate surface area is 155 Å². The van der Waals surface area contributed by atoms with Gasteiger partial charge < -0.3 is 9.80 Å². The van der Waals surface area contributed by atoms with E-state index >= 15 is 0 Å². The second-order valence-electron chi connectivity index (χ2n) is 7.10. The lowest BCUT2D eigenvalue weighted by Crippen LogP contribution is -2.34. The highest BCUT2D eigenvalue weighted by atomic mass is 35.5. The molecule has 0 amide bonds. The minimum Gasteiger partial charge on any atom is -0.378 e. The van der Waals surface area contributed by atoms with Gasteiger partial charge in [-0.3, -0.25) is 4.79 Å². The summed E-state index contributed by atoms with van der Waals surface area (Å²) in [6.07, 6.45) is 2.34. The molecule has 0 unspecified atom stereocenters. The topological polar surface area (TPSA) is 23.6 Å². The summed E-state index contributed by atoms with van der Waals surface area (Å²) in [6, 6.07) is 13.3. The van der Waals surface area contributed by atoms with Crippen LogP contribution in [0.3, 0.4) is 0 Å². The van der Waals surface area contributed by atoms with Crippen LogP contribution in [0.25, 0.3) is 0 Å². The van der Waals surface area contributed by atoms with Crippen LogP contribution >= 0.6 is 11.6 Å². The lowest BCUT2D eigenvalue weighted by Gasteiger charge is -2.33. The number of ketones is 1. The van der Waals surface area contributed by atoms with E-state index in [2.05, 4.69) is 24.0 Å². The summed E-state index contributed by atoms with van der Waals surface area (Å²) in [4.78, 5) is 17.6. The zero-order valence-corrected chi connectivity index (χ0v) is 15.9. The number of halogens is 1. The fourth-order valence-corrected chi connectivity index (χ4v) is 3.39. The van der Waals surface area contributed by atoms with Gasteiger partial charge >= 0.3 is 0 Å². The van der Waals surface area contributed by atoms with Crippen molar-refractivity contribution in [3.8, 4) is 0 Å². The number of carbonyl (C=O) groups is 1. The van der Waals surface area contributed by atoms with Crippen LogP contribution in [0.4, 0.5) is 11.4 Å². The molecule has 132 valence electrons. The van der Waals surface area contributed by atoms with E-state index < -0.39 is 0 Å². The van der Waals surface area contributed by atoms with Gasteiger partial charge in [0.25, 0.3) is 0 Å². The SMILES string of the molecule is CC1CCN(c2ccc(N(C)C)cc2C(=O)c2ccc(Cl)cc2)CC1. The van der Waals surface area contributed by atoms with Gasteiger partial charge in [-0.2, -0.15) is 0 Å². The van der Waals surface area contributed by atoms with Gasteiger partial charge in [-0.25, -0.2) is 0 Å². The first-order valence-corrected chi connectivity index (χ1v) is 9.20. The van der Waals surface area contributed by atoms with Crippen LogP contribution in [-0.4, -0.2) is 33.0 Å². The summed E-state index contributed by atoms with van der Waals surface area (Å²) in [5, 5.41) is 0.642. The van der Waals surface area contributed by atoms with Crippen LogP contribution in [-0.2, 0) is 0 Å². The lowest BCUT2D eigenvalue weighted by molar-refractivity contribution is 0.103. The molecule has 1 aliphatic heterocycles. The first-order valence-electron chi connectivity index (χ1n) is 8.82. The monoisotopic (exact) mass is 356 g/mol. The van der Waals surface area contributed by atoms with Crippen LogP contribution in [0.1, 0.15) is 35.7 Å². The van der Waals surface area contributed by atoms with E-state index in [0.29, 0.717) is 10.6 Å². The van der Waals surface area contributed by atoms with E-state index in [1.54, 1.807) is 24.3 Å². The third-order valence-electron chi connectivity index (χ3n) is 4.97. The normalized spacial score (nSPS) is 15.3. The summed E-state index contributed by atoms with van der Waals surface area (Å²) in [5.41, 5.74) is 3.51. The van der Waals surface area contributed by atoms with E-state index in [1.807, 2.05) is 25.1 Å². The largest absolute Gasteiger partial charge is 0.378 e. The number of benzene rings is 2. The van der Waals surface area contributed by atoms with Crippen molar-refractivity contribution in [3.63, 3.8) is 0 Å². The Morgan fingerprint density at radius 2 is 1.72 bits per heavy atom. The fourth-order valence-electron chi connectivity index (χ4n) is 3.27. The summed E-state index contributed by atoms with van der Waals surface area (Å²) in [5.74, 6) is 0.807. The highest BCUT2D eigenvalue weighted by Gasteiger charge is 2.22. The van der Waals surface area contributed by atoms with Crippen molar-refractivity contribution in [3.05, 3.63) is 58.6 Å². The lowest BCUT2D eigenvalue weighted by atomic mass is 9.95. The molecule has 3 rings (SSSR count). The summed E-state index contributed by atoms with van der Waals surface area (Å²) in [6.45, 7) is 4.30. The molecule has 4 heteroatoms. The van der Waals surface area contributed by atoms with Crippen molar-refractivity contribution < 1.29 is 4.79 Å². The number of rotatable bonds is 4. The Kier molecular flexibility index (Phi) is 5.33. The third kappa shape index (κ3) is 3.98. The molecular formula is C21H25ClN2O. The smallest absolute Gasteiger partial charge is 0.195 e. The van der Waals surface area contributed by atoms with Crippen molar-refractivity contribution in [2.75, 3.05) is 37.0 Å². The minimum atomic E-state index is 0.0500. The second kappa shape index (κ2) is 7.49. The molecule has 0 spiro atoms. The number of piperidine rings is 1. The maximum absolute atomic E-state index is 13.2. The molecule has 25 heavy (non-hydrogen) atoms. The number of carbonyl (C=O) groups excluding carboxylic acids is 1. The van der Waals surface area contributed by atoms with Gasteiger partial charge in [0, 0.05) is 54.7 Å². The van der Waals surface area contributed by atoms with Gasteiger partial charge in [-0.1, -0.05) is 18.5 Å². The number of anilines is 2. The Bertz CT molecular complexity index is 747. The average molecular weight is 357 g/mol. The van der Waals surface area contributed by atoms with Crippen molar-refractivity contribution >= 4 is 28.8 Å². The Morgan fingerprint density at radius 3 is 2.32 bits per heavy atom. The first-order chi connectivity index (χ1) is 12.0. The minimum absolute atomic E-state index is 0.0500. The zero-order valence-electron chi connectivity index (χ0n) is 15.1. The first kappa shape index (κ1) is 17.8. The molecule has 0 atom stereocenters. The van der Waals surface area contributed by atoms with Gasteiger partial charge in [0.05, 0.1) is 0 Å². The van der Waals surface area contributed by atoms with Gasteiger partial charge in [-0.15, -0.1) is 0 Å². The molecule has 0 N–H and O–H groups in total. The Morgan fingerprint density at radius 1 is 1.08 bits per heavy atom. The molecule has 1 saturated heterocycles. The van der Waals surface area contributed by atoms with Gasteiger partial charge in [0.15, 0.2) is 5.78 Å². The highest BCUT2D eigenvalue weighted by molar-refractivity contribution is 6.30. The number of hydrogen-bond acceptors (Lipinski definition) is 3. The van der Waals surface area contributed by atoms with Crippen LogP contribution in [0.5, 0.6) is 0 Å². The van der Waals surface area contributed by atoms with Crippen LogP contribution in [0.2, 0.25) is 5.02 Å². The van der Waals surface area contributed by atoms with Crippen molar-refractivity contribution in [2.24, 2.45) is 5.92 Å². The molecule has 1 aliphatic rings. The van der Waals surface area contributed by atoms with E-state index in [-0.39, 0.29) is 5.78 Å². The maximum Gasteiger partial charge on any atom is 0.195 e. The summed E-state index contributed by atoms with van der Waals surface area (Å²) in [7, 11) is 3.99. The van der Waals surface area contributed by atoms with Crippen molar-refractivity contribution in [1.82, 2.24) is 0 Å². The highest BCUT2D eigenvalue weighted by Crippen LogP contribution is 2.31.